The zero-order chi connectivity index (χ0) is 21.2. The Bertz CT molecular complexity index is 849. The lowest BCUT2D eigenvalue weighted by molar-refractivity contribution is -0.120. The fraction of sp³-hybridized carbons (Fsp3) is 0.318. The number of nitrogens with one attached hydrogen (secondary N) is 3. The smallest absolute Gasteiger partial charge is 0.251 e. The molecule has 7 nitrogen and oxygen atoms in total. The summed E-state index contributed by atoms with van der Waals surface area (Å²) >= 11 is 0. The predicted octanol–water partition coefficient (Wildman–Crippen LogP) is 2.64. The molecule has 0 saturated carbocycles. The van der Waals surface area contributed by atoms with Crippen LogP contribution in [-0.4, -0.2) is 49.3 Å². The van der Waals surface area contributed by atoms with Gasteiger partial charge in [0.05, 0.1) is 13.1 Å². The van der Waals surface area contributed by atoms with Crippen molar-refractivity contribution < 1.29 is 14.4 Å². The highest BCUT2D eigenvalue weighted by Gasteiger charge is 2.15. The van der Waals surface area contributed by atoms with E-state index in [2.05, 4.69) is 16.0 Å². The molecule has 2 aromatic rings. The van der Waals surface area contributed by atoms with Crippen LogP contribution in [0.5, 0.6) is 0 Å². The van der Waals surface area contributed by atoms with E-state index in [4.69, 9.17) is 0 Å². The Morgan fingerprint density at radius 1 is 0.897 bits per heavy atom. The zero-order valence-electron chi connectivity index (χ0n) is 17.1. The molecule has 3 N–H and O–H groups in total. The van der Waals surface area contributed by atoms with Crippen molar-refractivity contribution in [2.24, 2.45) is 0 Å². The van der Waals surface area contributed by atoms with E-state index in [-0.39, 0.29) is 30.8 Å². The van der Waals surface area contributed by atoms with Crippen molar-refractivity contribution in [1.29, 1.82) is 0 Å². The highest BCUT2D eigenvalue weighted by Crippen LogP contribution is 2.13. The number of rotatable bonds is 9. The van der Waals surface area contributed by atoms with Gasteiger partial charge in [-0.2, -0.15) is 0 Å². The van der Waals surface area contributed by atoms with Crippen molar-refractivity contribution in [2.75, 3.05) is 37.3 Å². The molecule has 0 aromatic heterocycles. The average molecular weight is 396 g/mol. The van der Waals surface area contributed by atoms with Crippen molar-refractivity contribution in [3.8, 4) is 0 Å². The second-order valence-corrected chi connectivity index (χ2v) is 6.78. The van der Waals surface area contributed by atoms with Crippen LogP contribution in [-0.2, 0) is 9.59 Å². The number of carbonyl (C=O) groups excluding carboxylic acids is 3. The van der Waals surface area contributed by atoms with Gasteiger partial charge >= 0.3 is 0 Å². The summed E-state index contributed by atoms with van der Waals surface area (Å²) in [6.45, 7) is 4.80. The van der Waals surface area contributed by atoms with Gasteiger partial charge in [0.2, 0.25) is 11.8 Å². The number of nitrogens with zero attached hydrogens (tertiary/aromatic N) is 1. The summed E-state index contributed by atoms with van der Waals surface area (Å²) in [5.41, 5.74) is 2.88. The Labute approximate surface area is 171 Å². The van der Waals surface area contributed by atoms with Crippen LogP contribution in [0.1, 0.15) is 29.3 Å². The largest absolute Gasteiger partial charge is 0.355 e. The lowest BCUT2D eigenvalue weighted by Crippen LogP contribution is -2.39. The molecule has 0 aliphatic rings. The number of hydrogen-bond acceptors (Lipinski definition) is 4. The zero-order valence-corrected chi connectivity index (χ0v) is 17.1. The molecule has 0 aliphatic carbocycles. The summed E-state index contributed by atoms with van der Waals surface area (Å²) in [5, 5.41) is 8.25. The van der Waals surface area contributed by atoms with Gasteiger partial charge in [-0.15, -0.1) is 0 Å². The summed E-state index contributed by atoms with van der Waals surface area (Å²) in [7, 11) is 1.57. The van der Waals surface area contributed by atoms with Gasteiger partial charge in [0.1, 0.15) is 0 Å². The molecular weight excluding hydrogens is 368 g/mol. The molecule has 0 unspecified atom stereocenters. The fourth-order valence-corrected chi connectivity index (χ4v) is 2.89. The molecule has 154 valence electrons. The molecule has 0 saturated heterocycles. The van der Waals surface area contributed by atoms with Crippen LogP contribution in [0, 0.1) is 6.92 Å². The quantitative estimate of drug-likeness (QED) is 0.608. The highest BCUT2D eigenvalue weighted by molar-refractivity contribution is 5.96. The average Bonchev–Trinajstić information content (AvgIpc) is 2.69. The summed E-state index contributed by atoms with van der Waals surface area (Å²) in [5.74, 6) is -0.554. The van der Waals surface area contributed by atoms with Crippen LogP contribution >= 0.6 is 0 Å². The third-order valence-corrected chi connectivity index (χ3v) is 4.35. The molecule has 0 radical (unpaired) electrons. The van der Waals surface area contributed by atoms with Gasteiger partial charge in [0.15, 0.2) is 0 Å². The van der Waals surface area contributed by atoms with E-state index in [1.807, 2.05) is 43.0 Å². The first-order valence-corrected chi connectivity index (χ1v) is 9.62. The van der Waals surface area contributed by atoms with Crippen LogP contribution < -0.4 is 16.0 Å². The first kappa shape index (κ1) is 22.1. The van der Waals surface area contributed by atoms with Gasteiger partial charge in [-0.1, -0.05) is 25.1 Å². The molecule has 2 aromatic carbocycles. The van der Waals surface area contributed by atoms with Gasteiger partial charge in [0, 0.05) is 24.0 Å². The number of anilines is 2. The lowest BCUT2D eigenvalue weighted by Gasteiger charge is -2.21. The van der Waals surface area contributed by atoms with E-state index in [9.17, 15) is 14.4 Å². The molecule has 0 heterocycles. The molecular formula is C22H28N4O3. The third-order valence-electron chi connectivity index (χ3n) is 4.35. The number of benzene rings is 2. The molecule has 0 spiro atoms. The molecule has 0 atom stereocenters. The molecule has 2 rings (SSSR count). The van der Waals surface area contributed by atoms with Crippen LogP contribution in [0.25, 0.3) is 0 Å². The second-order valence-electron chi connectivity index (χ2n) is 6.78. The number of hydrogen-bond donors (Lipinski definition) is 3. The van der Waals surface area contributed by atoms with E-state index < -0.39 is 0 Å². The fourth-order valence-electron chi connectivity index (χ4n) is 2.89. The third kappa shape index (κ3) is 7.04. The maximum atomic E-state index is 12.4. The van der Waals surface area contributed by atoms with E-state index >= 15 is 0 Å². The Morgan fingerprint density at radius 3 is 2.10 bits per heavy atom. The normalized spacial score (nSPS) is 10.5. The minimum Gasteiger partial charge on any atom is -0.355 e. The molecule has 29 heavy (non-hydrogen) atoms. The topological polar surface area (TPSA) is 90.5 Å². The summed E-state index contributed by atoms with van der Waals surface area (Å²) in [6, 6.07) is 14.2. The minimum absolute atomic E-state index is 0.103. The Hall–Kier alpha value is -3.19. The Kier molecular flexibility index (Phi) is 8.36. The second kappa shape index (κ2) is 11.0. The first-order chi connectivity index (χ1) is 13.9. The van der Waals surface area contributed by atoms with Crippen molar-refractivity contribution in [3.05, 3.63) is 59.7 Å². The Balaban J connectivity index is 1.91. The minimum atomic E-state index is -0.213. The maximum Gasteiger partial charge on any atom is 0.251 e. The van der Waals surface area contributed by atoms with Crippen molar-refractivity contribution in [3.63, 3.8) is 0 Å². The van der Waals surface area contributed by atoms with Gasteiger partial charge in [0.25, 0.3) is 5.91 Å². The van der Waals surface area contributed by atoms with Crippen LogP contribution in [0.2, 0.25) is 0 Å². The molecule has 0 aliphatic heterocycles. The molecule has 3 amide bonds. The molecule has 7 heteroatoms. The van der Waals surface area contributed by atoms with Crippen molar-refractivity contribution in [2.45, 2.75) is 20.3 Å². The van der Waals surface area contributed by atoms with E-state index in [1.165, 1.54) is 0 Å². The Morgan fingerprint density at radius 2 is 1.52 bits per heavy atom. The van der Waals surface area contributed by atoms with Crippen molar-refractivity contribution in [1.82, 2.24) is 10.2 Å². The first-order valence-electron chi connectivity index (χ1n) is 9.62. The number of para-hydroxylation sites is 1. The van der Waals surface area contributed by atoms with Gasteiger partial charge in [-0.05, 0) is 55.8 Å². The van der Waals surface area contributed by atoms with E-state index in [0.29, 0.717) is 17.8 Å². The van der Waals surface area contributed by atoms with Crippen LogP contribution in [0.4, 0.5) is 11.4 Å². The van der Waals surface area contributed by atoms with Gasteiger partial charge in [-0.25, -0.2) is 0 Å². The van der Waals surface area contributed by atoms with Crippen molar-refractivity contribution >= 4 is 29.1 Å². The molecule has 0 fully saturated rings. The SMILES string of the molecule is CCCN(CC(=O)Nc1ccc(C(=O)NC)cc1)CC(=O)Nc1ccccc1C. The predicted molar refractivity (Wildman–Crippen MR) is 115 cm³/mol. The monoisotopic (exact) mass is 396 g/mol. The summed E-state index contributed by atoms with van der Waals surface area (Å²) in [6.07, 6.45) is 0.825. The molecule has 0 bridgehead atoms. The number of carbonyl (C=O) groups is 3. The standard InChI is InChI=1S/C22H28N4O3/c1-4-13-26(15-21(28)25-19-8-6-5-7-16(19)2)14-20(27)24-18-11-9-17(10-12-18)22(29)23-3/h5-12H,4,13-15H2,1-3H3,(H,23,29)(H,24,27)(H,25,28). The van der Waals surface area contributed by atoms with Crippen LogP contribution in [0.15, 0.2) is 48.5 Å². The lowest BCUT2D eigenvalue weighted by atomic mass is 10.2. The maximum absolute atomic E-state index is 12.4. The van der Waals surface area contributed by atoms with Gasteiger partial charge < -0.3 is 16.0 Å². The highest BCUT2D eigenvalue weighted by atomic mass is 16.2. The van der Waals surface area contributed by atoms with Crippen LogP contribution in [0.3, 0.4) is 0 Å². The summed E-state index contributed by atoms with van der Waals surface area (Å²) in [4.78, 5) is 38.2. The number of aryl methyl sites for hydroxylation is 1. The number of amides is 3. The van der Waals surface area contributed by atoms with E-state index in [1.54, 1.807) is 31.3 Å². The van der Waals surface area contributed by atoms with Gasteiger partial charge in [-0.3, -0.25) is 19.3 Å². The van der Waals surface area contributed by atoms with E-state index in [0.717, 1.165) is 17.7 Å². The summed E-state index contributed by atoms with van der Waals surface area (Å²) < 4.78 is 0.